The molecular weight excluding hydrogens is 242 g/mol. The number of rotatable bonds is 2. The van der Waals surface area contributed by atoms with Gasteiger partial charge < -0.3 is 10.9 Å². The maximum absolute atomic E-state index is 11.4. The first-order valence-electron chi connectivity index (χ1n) is 5.94. The molecule has 2 rings (SSSR count). The van der Waals surface area contributed by atoms with E-state index in [1.165, 1.54) is 0 Å². The zero-order chi connectivity index (χ0) is 12.5. The molecule has 6 nitrogen and oxygen atoms in total. The summed E-state index contributed by atoms with van der Waals surface area (Å²) < 4.78 is 22.9. The van der Waals surface area contributed by atoms with E-state index in [-0.39, 0.29) is 23.5 Å². The maximum Gasteiger partial charge on any atom is 0.151 e. The van der Waals surface area contributed by atoms with Gasteiger partial charge >= 0.3 is 0 Å². The second-order valence-electron chi connectivity index (χ2n) is 4.92. The van der Waals surface area contributed by atoms with E-state index in [1.807, 2.05) is 0 Å². The number of hydrogen-bond donors (Lipinski definition) is 2. The summed E-state index contributed by atoms with van der Waals surface area (Å²) >= 11 is 0. The molecule has 0 aromatic rings. The van der Waals surface area contributed by atoms with Crippen molar-refractivity contribution < 1.29 is 13.6 Å². The first-order valence-corrected chi connectivity index (χ1v) is 7.76. The van der Waals surface area contributed by atoms with Crippen LogP contribution in [0.5, 0.6) is 0 Å². The Kier molecular flexibility index (Phi) is 3.58. The molecule has 2 fully saturated rings. The fourth-order valence-corrected chi connectivity index (χ4v) is 4.49. The smallest absolute Gasteiger partial charge is 0.151 e. The highest BCUT2D eigenvalue weighted by molar-refractivity contribution is 7.91. The minimum atomic E-state index is -2.84. The van der Waals surface area contributed by atoms with Crippen molar-refractivity contribution in [3.05, 3.63) is 0 Å². The normalized spacial score (nSPS) is 34.9. The van der Waals surface area contributed by atoms with Crippen molar-refractivity contribution in [1.82, 2.24) is 4.90 Å². The van der Waals surface area contributed by atoms with Crippen molar-refractivity contribution in [3.8, 4) is 0 Å². The number of piperidine rings is 1. The highest BCUT2D eigenvalue weighted by atomic mass is 32.2. The highest BCUT2D eigenvalue weighted by Crippen LogP contribution is 2.24. The number of likely N-dealkylation sites (tertiary alicyclic amines) is 1. The van der Waals surface area contributed by atoms with E-state index in [4.69, 9.17) is 10.9 Å². The average Bonchev–Trinajstić information content (AvgIpc) is 2.69. The first kappa shape index (κ1) is 12.6. The molecule has 0 aromatic carbocycles. The van der Waals surface area contributed by atoms with E-state index < -0.39 is 9.84 Å². The van der Waals surface area contributed by atoms with E-state index >= 15 is 0 Å². The Labute approximate surface area is 101 Å². The Morgan fingerprint density at radius 3 is 2.76 bits per heavy atom. The molecule has 2 heterocycles. The third-order valence-corrected chi connectivity index (χ3v) is 5.46. The minimum Gasteiger partial charge on any atom is -0.409 e. The van der Waals surface area contributed by atoms with E-state index in [1.54, 1.807) is 0 Å². The molecule has 2 atom stereocenters. The third kappa shape index (κ3) is 2.90. The van der Waals surface area contributed by atoms with Crippen LogP contribution < -0.4 is 5.73 Å². The molecule has 0 aromatic heterocycles. The molecule has 0 radical (unpaired) electrons. The van der Waals surface area contributed by atoms with Gasteiger partial charge in [-0.2, -0.15) is 0 Å². The molecule has 0 spiro atoms. The van der Waals surface area contributed by atoms with Crippen LogP contribution in [-0.4, -0.2) is 55.0 Å². The molecule has 0 bridgehead atoms. The quantitative estimate of drug-likeness (QED) is 0.306. The minimum absolute atomic E-state index is 0.0528. The van der Waals surface area contributed by atoms with E-state index in [2.05, 4.69) is 10.1 Å². The van der Waals surface area contributed by atoms with E-state index in [9.17, 15) is 8.42 Å². The zero-order valence-corrected chi connectivity index (χ0v) is 10.6. The van der Waals surface area contributed by atoms with Gasteiger partial charge in [0.1, 0.15) is 5.84 Å². The van der Waals surface area contributed by atoms with Gasteiger partial charge in [0.05, 0.1) is 11.5 Å². The average molecular weight is 261 g/mol. The van der Waals surface area contributed by atoms with Crippen molar-refractivity contribution in [1.29, 1.82) is 0 Å². The number of nitrogens with two attached hydrogens (primary N) is 1. The maximum atomic E-state index is 11.4. The van der Waals surface area contributed by atoms with Crippen LogP contribution in [0.4, 0.5) is 0 Å². The predicted octanol–water partition coefficient (Wildman–Crippen LogP) is -0.368. The Morgan fingerprint density at radius 1 is 1.41 bits per heavy atom. The number of nitrogens with zero attached hydrogens (tertiary/aromatic N) is 2. The topological polar surface area (TPSA) is 96.0 Å². The molecule has 2 unspecified atom stereocenters. The predicted molar refractivity (Wildman–Crippen MR) is 64.8 cm³/mol. The van der Waals surface area contributed by atoms with Crippen LogP contribution in [0.25, 0.3) is 0 Å². The van der Waals surface area contributed by atoms with Gasteiger partial charge in [0, 0.05) is 18.5 Å². The van der Waals surface area contributed by atoms with Gasteiger partial charge in [-0.25, -0.2) is 8.42 Å². The molecule has 0 saturated carbocycles. The van der Waals surface area contributed by atoms with Gasteiger partial charge in [0.15, 0.2) is 9.84 Å². The lowest BCUT2D eigenvalue weighted by Crippen LogP contribution is -2.46. The summed E-state index contributed by atoms with van der Waals surface area (Å²) in [5, 5.41) is 11.7. The molecule has 2 aliphatic rings. The SMILES string of the molecule is NC(=NO)C1CCCN(C2CCS(=O)(=O)C2)C1. The molecule has 0 amide bonds. The number of sulfone groups is 1. The van der Waals surface area contributed by atoms with Crippen LogP contribution >= 0.6 is 0 Å². The summed E-state index contributed by atoms with van der Waals surface area (Å²) in [6.45, 7) is 1.62. The Bertz CT molecular complexity index is 407. The fourth-order valence-electron chi connectivity index (χ4n) is 2.72. The molecule has 2 aliphatic heterocycles. The fraction of sp³-hybridized carbons (Fsp3) is 0.900. The van der Waals surface area contributed by atoms with Crippen LogP contribution in [0.15, 0.2) is 5.16 Å². The molecule has 7 heteroatoms. The first-order chi connectivity index (χ1) is 8.02. The van der Waals surface area contributed by atoms with Crippen LogP contribution in [0, 0.1) is 5.92 Å². The van der Waals surface area contributed by atoms with Gasteiger partial charge in [-0.05, 0) is 25.8 Å². The van der Waals surface area contributed by atoms with Gasteiger partial charge in [-0.3, -0.25) is 4.90 Å². The van der Waals surface area contributed by atoms with Crippen molar-refractivity contribution >= 4 is 15.7 Å². The lowest BCUT2D eigenvalue weighted by molar-refractivity contribution is 0.155. The molecule has 0 aliphatic carbocycles. The standard InChI is InChI=1S/C10H19N3O3S/c11-10(12-14)8-2-1-4-13(6-8)9-3-5-17(15,16)7-9/h8-9,14H,1-7H2,(H2,11,12). The van der Waals surface area contributed by atoms with Crippen LogP contribution in [0.2, 0.25) is 0 Å². The molecule has 17 heavy (non-hydrogen) atoms. The highest BCUT2D eigenvalue weighted by Gasteiger charge is 2.35. The Morgan fingerprint density at radius 2 is 2.18 bits per heavy atom. The van der Waals surface area contributed by atoms with E-state index in [0.29, 0.717) is 18.7 Å². The van der Waals surface area contributed by atoms with Crippen LogP contribution in [0.3, 0.4) is 0 Å². The number of amidine groups is 1. The van der Waals surface area contributed by atoms with Crippen molar-refractivity contribution in [2.75, 3.05) is 24.6 Å². The molecule has 3 N–H and O–H groups in total. The van der Waals surface area contributed by atoms with Gasteiger partial charge in [-0.15, -0.1) is 0 Å². The number of oxime groups is 1. The largest absolute Gasteiger partial charge is 0.409 e. The van der Waals surface area contributed by atoms with Crippen molar-refractivity contribution in [2.45, 2.75) is 25.3 Å². The van der Waals surface area contributed by atoms with Crippen LogP contribution in [0.1, 0.15) is 19.3 Å². The summed E-state index contributed by atoms with van der Waals surface area (Å²) in [5.41, 5.74) is 5.62. The molecule has 98 valence electrons. The zero-order valence-electron chi connectivity index (χ0n) is 9.75. The third-order valence-electron chi connectivity index (χ3n) is 3.71. The molecule has 2 saturated heterocycles. The Balaban J connectivity index is 1.99. The molecular formula is C10H19N3O3S. The second-order valence-corrected chi connectivity index (χ2v) is 7.14. The lowest BCUT2D eigenvalue weighted by Gasteiger charge is -2.35. The van der Waals surface area contributed by atoms with Gasteiger partial charge in [-0.1, -0.05) is 5.16 Å². The number of hydrogen-bond acceptors (Lipinski definition) is 5. The summed E-state index contributed by atoms with van der Waals surface area (Å²) in [7, 11) is -2.84. The van der Waals surface area contributed by atoms with Gasteiger partial charge in [0.2, 0.25) is 0 Å². The van der Waals surface area contributed by atoms with E-state index in [0.717, 1.165) is 19.4 Å². The van der Waals surface area contributed by atoms with Crippen LogP contribution in [-0.2, 0) is 9.84 Å². The lowest BCUT2D eigenvalue weighted by atomic mass is 9.95. The van der Waals surface area contributed by atoms with Crippen molar-refractivity contribution in [3.63, 3.8) is 0 Å². The summed E-state index contributed by atoms with van der Waals surface area (Å²) in [6.07, 6.45) is 2.59. The van der Waals surface area contributed by atoms with Crippen molar-refractivity contribution in [2.24, 2.45) is 16.8 Å². The summed E-state index contributed by atoms with van der Waals surface area (Å²) in [5.74, 6) is 0.866. The Hall–Kier alpha value is -0.820. The second kappa shape index (κ2) is 4.81. The van der Waals surface area contributed by atoms with Gasteiger partial charge in [0.25, 0.3) is 0 Å². The monoisotopic (exact) mass is 261 g/mol. The summed E-state index contributed by atoms with van der Waals surface area (Å²) in [6, 6.07) is 0.120. The summed E-state index contributed by atoms with van der Waals surface area (Å²) in [4.78, 5) is 2.18.